The van der Waals surface area contributed by atoms with Crippen molar-refractivity contribution in [2.75, 3.05) is 13.7 Å². The maximum atomic E-state index is 12.1. The minimum Gasteiger partial charge on any atom is -0.383 e. The third kappa shape index (κ3) is 3.61. The number of carbonyl (C=O) groups is 1. The van der Waals surface area contributed by atoms with Crippen molar-refractivity contribution < 1.29 is 9.53 Å². The van der Waals surface area contributed by atoms with Gasteiger partial charge in [-0.2, -0.15) is 0 Å². The highest BCUT2D eigenvalue weighted by molar-refractivity contribution is 6.33. The number of alkyl halides is 1. The Bertz CT molecular complexity index is 432. The molecule has 1 aromatic heterocycles. The SMILES string of the molecule is CCCC(COC)n1c(C)cc(C(=O)C(C)Cl)c1C. The zero-order valence-electron chi connectivity index (χ0n) is 12.5. The predicted octanol–water partition coefficient (Wildman–Crippen LogP) is 3.90. The quantitative estimate of drug-likeness (QED) is 0.562. The third-order valence-corrected chi connectivity index (χ3v) is 3.66. The molecule has 0 saturated heterocycles. The number of carbonyl (C=O) groups excluding carboxylic acids is 1. The summed E-state index contributed by atoms with van der Waals surface area (Å²) in [5, 5.41) is -0.485. The summed E-state index contributed by atoms with van der Waals surface area (Å²) < 4.78 is 7.51. The van der Waals surface area contributed by atoms with Gasteiger partial charge in [-0.25, -0.2) is 0 Å². The minimum atomic E-state index is -0.485. The number of hydrogen-bond acceptors (Lipinski definition) is 2. The van der Waals surface area contributed by atoms with Gasteiger partial charge in [0.2, 0.25) is 0 Å². The summed E-state index contributed by atoms with van der Waals surface area (Å²) in [6.45, 7) is 8.55. The molecule has 0 aliphatic carbocycles. The molecule has 2 unspecified atom stereocenters. The van der Waals surface area contributed by atoms with Gasteiger partial charge in [0.15, 0.2) is 5.78 Å². The first-order valence-electron chi connectivity index (χ1n) is 6.79. The molecule has 2 atom stereocenters. The Morgan fingerprint density at radius 3 is 2.58 bits per heavy atom. The fourth-order valence-corrected chi connectivity index (χ4v) is 2.73. The molecule has 0 N–H and O–H groups in total. The number of methoxy groups -OCH3 is 1. The zero-order valence-corrected chi connectivity index (χ0v) is 13.3. The first-order valence-corrected chi connectivity index (χ1v) is 7.23. The third-order valence-electron chi connectivity index (χ3n) is 3.46. The summed E-state index contributed by atoms with van der Waals surface area (Å²) in [6, 6.07) is 2.22. The van der Waals surface area contributed by atoms with Gasteiger partial charge in [-0.15, -0.1) is 11.6 Å². The summed E-state index contributed by atoms with van der Waals surface area (Å²) in [5.41, 5.74) is 2.82. The average Bonchev–Trinajstić information content (AvgIpc) is 2.63. The van der Waals surface area contributed by atoms with E-state index in [1.807, 2.05) is 19.9 Å². The normalized spacial score (nSPS) is 14.4. The summed E-state index contributed by atoms with van der Waals surface area (Å²) in [6.07, 6.45) is 2.12. The second kappa shape index (κ2) is 7.11. The molecule has 0 fully saturated rings. The molecule has 0 spiro atoms. The fourth-order valence-electron chi connectivity index (χ4n) is 2.62. The standard InChI is InChI=1S/C15H24ClNO2/c1-6-7-13(9-19-5)17-10(2)8-14(12(17)4)15(18)11(3)16/h8,11,13H,6-7,9H2,1-5H3. The predicted molar refractivity (Wildman–Crippen MR) is 79.4 cm³/mol. The number of halogens is 1. The van der Waals surface area contributed by atoms with Crippen LogP contribution in [0.2, 0.25) is 0 Å². The Kier molecular flexibility index (Phi) is 6.08. The Hall–Kier alpha value is -0.800. The van der Waals surface area contributed by atoms with Crippen LogP contribution in [-0.4, -0.2) is 29.4 Å². The molecule has 4 heteroatoms. The number of ketones is 1. The molecule has 0 bridgehead atoms. The maximum absolute atomic E-state index is 12.1. The second-order valence-corrected chi connectivity index (χ2v) is 5.69. The monoisotopic (exact) mass is 285 g/mol. The summed E-state index contributed by atoms with van der Waals surface area (Å²) in [7, 11) is 1.71. The second-order valence-electron chi connectivity index (χ2n) is 5.03. The van der Waals surface area contributed by atoms with E-state index in [9.17, 15) is 4.79 Å². The lowest BCUT2D eigenvalue weighted by Crippen LogP contribution is -2.18. The molecule has 19 heavy (non-hydrogen) atoms. The molecule has 108 valence electrons. The first kappa shape index (κ1) is 16.3. The average molecular weight is 286 g/mol. The molecular formula is C15H24ClNO2. The Balaban J connectivity index is 3.17. The van der Waals surface area contributed by atoms with E-state index in [-0.39, 0.29) is 11.8 Å². The molecule has 1 rings (SSSR count). The summed E-state index contributed by atoms with van der Waals surface area (Å²) >= 11 is 5.91. The number of rotatable bonds is 7. The maximum Gasteiger partial charge on any atom is 0.182 e. The lowest BCUT2D eigenvalue weighted by molar-refractivity contribution is 0.0990. The lowest BCUT2D eigenvalue weighted by atomic mass is 10.1. The van der Waals surface area contributed by atoms with Crippen molar-refractivity contribution in [3.05, 3.63) is 23.0 Å². The molecule has 3 nitrogen and oxygen atoms in total. The van der Waals surface area contributed by atoms with Gasteiger partial charge in [-0.05, 0) is 33.3 Å². The minimum absolute atomic E-state index is 0.00585. The number of ether oxygens (including phenoxy) is 1. The van der Waals surface area contributed by atoms with E-state index >= 15 is 0 Å². The van der Waals surface area contributed by atoms with Crippen molar-refractivity contribution in [3.63, 3.8) is 0 Å². The number of Topliss-reactive ketones (excluding diaryl/α,β-unsaturated/α-hetero) is 1. The Labute approximate surface area is 120 Å². The van der Waals surface area contributed by atoms with Crippen LogP contribution in [0.15, 0.2) is 6.07 Å². The highest BCUT2D eigenvalue weighted by atomic mass is 35.5. The lowest BCUT2D eigenvalue weighted by Gasteiger charge is -2.21. The van der Waals surface area contributed by atoms with Crippen molar-refractivity contribution in [3.8, 4) is 0 Å². The van der Waals surface area contributed by atoms with E-state index in [1.165, 1.54) is 0 Å². The van der Waals surface area contributed by atoms with Crippen molar-refractivity contribution >= 4 is 17.4 Å². The van der Waals surface area contributed by atoms with Crippen molar-refractivity contribution in [2.45, 2.75) is 52.0 Å². The zero-order chi connectivity index (χ0) is 14.6. The van der Waals surface area contributed by atoms with Crippen molar-refractivity contribution in [1.82, 2.24) is 4.57 Å². The molecule has 0 amide bonds. The Morgan fingerprint density at radius 2 is 2.11 bits per heavy atom. The van der Waals surface area contributed by atoms with E-state index in [1.54, 1.807) is 14.0 Å². The smallest absolute Gasteiger partial charge is 0.182 e. The van der Waals surface area contributed by atoms with Crippen LogP contribution in [0.3, 0.4) is 0 Å². The molecule has 0 aliphatic heterocycles. The molecule has 0 radical (unpaired) electrons. The summed E-state index contributed by atoms with van der Waals surface area (Å²) in [4.78, 5) is 12.1. The van der Waals surface area contributed by atoms with Gasteiger partial charge in [-0.1, -0.05) is 13.3 Å². The van der Waals surface area contributed by atoms with Crippen LogP contribution >= 0.6 is 11.6 Å². The van der Waals surface area contributed by atoms with E-state index in [0.717, 1.165) is 29.8 Å². The molecule has 0 aliphatic rings. The van der Waals surface area contributed by atoms with Crippen molar-refractivity contribution in [2.24, 2.45) is 0 Å². The van der Waals surface area contributed by atoms with Gasteiger partial charge in [0.25, 0.3) is 0 Å². The highest BCUT2D eigenvalue weighted by Gasteiger charge is 2.22. The van der Waals surface area contributed by atoms with Crippen LogP contribution in [0.5, 0.6) is 0 Å². The molecule has 1 heterocycles. The molecule has 1 aromatic rings. The van der Waals surface area contributed by atoms with Crippen molar-refractivity contribution in [1.29, 1.82) is 0 Å². The van der Waals surface area contributed by atoms with Gasteiger partial charge < -0.3 is 9.30 Å². The van der Waals surface area contributed by atoms with Gasteiger partial charge in [0.05, 0.1) is 18.0 Å². The van der Waals surface area contributed by atoms with Crippen LogP contribution < -0.4 is 0 Å². The van der Waals surface area contributed by atoms with Crippen LogP contribution in [0.4, 0.5) is 0 Å². The molecule has 0 aromatic carbocycles. The van der Waals surface area contributed by atoms with Gasteiger partial charge in [-0.3, -0.25) is 4.79 Å². The van der Waals surface area contributed by atoms with Gasteiger partial charge in [0, 0.05) is 24.1 Å². The highest BCUT2D eigenvalue weighted by Crippen LogP contribution is 2.25. The number of aryl methyl sites for hydroxylation is 1. The largest absolute Gasteiger partial charge is 0.383 e. The van der Waals surface area contributed by atoms with Gasteiger partial charge in [0.1, 0.15) is 0 Å². The fraction of sp³-hybridized carbons (Fsp3) is 0.667. The van der Waals surface area contributed by atoms with Crippen LogP contribution in [-0.2, 0) is 4.74 Å². The first-order chi connectivity index (χ1) is 8.93. The number of hydrogen-bond donors (Lipinski definition) is 0. The number of aromatic nitrogens is 1. The van der Waals surface area contributed by atoms with Crippen LogP contribution in [0.1, 0.15) is 54.5 Å². The van der Waals surface area contributed by atoms with E-state index in [0.29, 0.717) is 6.61 Å². The molecular weight excluding hydrogens is 262 g/mol. The molecule has 0 saturated carbocycles. The van der Waals surface area contributed by atoms with Crippen LogP contribution in [0.25, 0.3) is 0 Å². The van der Waals surface area contributed by atoms with E-state index in [4.69, 9.17) is 16.3 Å². The topological polar surface area (TPSA) is 31.2 Å². The van der Waals surface area contributed by atoms with Gasteiger partial charge >= 0.3 is 0 Å². The summed E-state index contributed by atoms with van der Waals surface area (Å²) in [5.74, 6) is -0.00585. The Morgan fingerprint density at radius 1 is 1.47 bits per heavy atom. The van der Waals surface area contributed by atoms with E-state index < -0.39 is 5.38 Å². The number of nitrogens with zero attached hydrogens (tertiary/aromatic N) is 1. The van der Waals surface area contributed by atoms with Crippen LogP contribution in [0, 0.1) is 13.8 Å². The van der Waals surface area contributed by atoms with E-state index in [2.05, 4.69) is 11.5 Å².